The van der Waals surface area contributed by atoms with Gasteiger partial charge in [0, 0.05) is 25.2 Å². The van der Waals surface area contributed by atoms with Crippen molar-refractivity contribution in [2.45, 2.75) is 23.8 Å². The summed E-state index contributed by atoms with van der Waals surface area (Å²) in [6.45, 7) is 0.412. The predicted octanol–water partition coefficient (Wildman–Crippen LogP) is 2.70. The number of benzene rings is 2. The lowest BCUT2D eigenvalue weighted by Crippen LogP contribution is -2.40. The van der Waals surface area contributed by atoms with E-state index in [4.69, 9.17) is 0 Å². The van der Waals surface area contributed by atoms with E-state index in [0.29, 0.717) is 18.2 Å². The highest BCUT2D eigenvalue weighted by molar-refractivity contribution is 7.89. The Morgan fingerprint density at radius 2 is 1.71 bits per heavy atom. The molecule has 1 aliphatic rings. The van der Waals surface area contributed by atoms with Crippen molar-refractivity contribution in [3.05, 3.63) is 70.8 Å². The van der Waals surface area contributed by atoms with Crippen molar-refractivity contribution < 1.29 is 17.2 Å². The van der Waals surface area contributed by atoms with Crippen molar-refractivity contribution in [1.29, 1.82) is 0 Å². The SMILES string of the molecule is O=c1c2ccc(F)cc2ncn1C1CCN(S(=O)(=O)c2cccc(F)c2)CC1. The molecule has 0 amide bonds. The molecular formula is C19H17F2N3O3S. The highest BCUT2D eigenvalue weighted by Crippen LogP contribution is 2.26. The third-order valence-corrected chi connectivity index (χ3v) is 6.89. The van der Waals surface area contributed by atoms with Gasteiger partial charge in [-0.2, -0.15) is 4.31 Å². The zero-order chi connectivity index (χ0) is 19.9. The maximum Gasteiger partial charge on any atom is 0.261 e. The molecule has 0 N–H and O–H groups in total. The zero-order valence-electron chi connectivity index (χ0n) is 14.8. The normalized spacial score (nSPS) is 16.5. The van der Waals surface area contributed by atoms with Crippen LogP contribution < -0.4 is 5.56 Å². The molecule has 6 nitrogen and oxygen atoms in total. The lowest BCUT2D eigenvalue weighted by atomic mass is 10.1. The lowest BCUT2D eigenvalue weighted by Gasteiger charge is -2.32. The zero-order valence-corrected chi connectivity index (χ0v) is 15.6. The van der Waals surface area contributed by atoms with Gasteiger partial charge in [-0.3, -0.25) is 9.36 Å². The van der Waals surface area contributed by atoms with E-state index in [1.807, 2.05) is 0 Å². The Morgan fingerprint density at radius 1 is 1.00 bits per heavy atom. The Morgan fingerprint density at radius 3 is 2.43 bits per heavy atom. The van der Waals surface area contributed by atoms with Gasteiger partial charge in [0.15, 0.2) is 0 Å². The second-order valence-electron chi connectivity index (χ2n) is 6.71. The van der Waals surface area contributed by atoms with Crippen LogP contribution in [0.3, 0.4) is 0 Å². The lowest BCUT2D eigenvalue weighted by molar-refractivity contribution is 0.269. The molecule has 1 aromatic heterocycles. The van der Waals surface area contributed by atoms with Gasteiger partial charge >= 0.3 is 0 Å². The second kappa shape index (κ2) is 7.06. The van der Waals surface area contributed by atoms with Gasteiger partial charge in [0.25, 0.3) is 5.56 Å². The summed E-state index contributed by atoms with van der Waals surface area (Å²) in [6, 6.07) is 8.51. The number of sulfonamides is 1. The van der Waals surface area contributed by atoms with Gasteiger partial charge < -0.3 is 0 Å². The number of rotatable bonds is 3. The minimum absolute atomic E-state index is 0.0856. The smallest absolute Gasteiger partial charge is 0.261 e. The van der Waals surface area contributed by atoms with E-state index in [9.17, 15) is 22.0 Å². The first-order valence-corrected chi connectivity index (χ1v) is 10.2. The number of fused-ring (bicyclic) bond motifs is 1. The van der Waals surface area contributed by atoms with Crippen LogP contribution in [-0.4, -0.2) is 35.4 Å². The topological polar surface area (TPSA) is 72.3 Å². The summed E-state index contributed by atoms with van der Waals surface area (Å²) >= 11 is 0. The number of hydrogen-bond donors (Lipinski definition) is 0. The van der Waals surface area contributed by atoms with E-state index in [1.54, 1.807) is 0 Å². The third kappa shape index (κ3) is 3.31. The highest BCUT2D eigenvalue weighted by Gasteiger charge is 2.30. The minimum Gasteiger partial charge on any atom is -0.296 e. The van der Waals surface area contributed by atoms with Crippen LogP contribution in [0.4, 0.5) is 8.78 Å². The van der Waals surface area contributed by atoms with E-state index < -0.39 is 21.7 Å². The van der Waals surface area contributed by atoms with Gasteiger partial charge in [0.2, 0.25) is 10.0 Å². The van der Waals surface area contributed by atoms with Crippen molar-refractivity contribution >= 4 is 20.9 Å². The second-order valence-corrected chi connectivity index (χ2v) is 8.65. The van der Waals surface area contributed by atoms with Gasteiger partial charge in [-0.15, -0.1) is 0 Å². The molecule has 3 aromatic rings. The Kier molecular flexibility index (Phi) is 4.72. The summed E-state index contributed by atoms with van der Waals surface area (Å²) in [5, 5.41) is 0.318. The molecule has 1 aliphatic heterocycles. The molecule has 1 fully saturated rings. The fraction of sp³-hybridized carbons (Fsp3) is 0.263. The van der Waals surface area contributed by atoms with E-state index in [0.717, 1.165) is 6.07 Å². The summed E-state index contributed by atoms with van der Waals surface area (Å²) in [5.41, 5.74) is 0.00352. The molecule has 9 heteroatoms. The first kappa shape index (κ1) is 18.7. The maximum atomic E-state index is 13.4. The van der Waals surface area contributed by atoms with Gasteiger partial charge in [-0.05, 0) is 43.2 Å². The largest absolute Gasteiger partial charge is 0.296 e. The minimum atomic E-state index is -3.79. The van der Waals surface area contributed by atoms with E-state index in [1.165, 1.54) is 51.6 Å². The molecule has 146 valence electrons. The van der Waals surface area contributed by atoms with E-state index in [2.05, 4.69) is 4.98 Å². The fourth-order valence-corrected chi connectivity index (χ4v) is 5.01. The first-order chi connectivity index (χ1) is 13.4. The van der Waals surface area contributed by atoms with Crippen molar-refractivity contribution in [3.63, 3.8) is 0 Å². The standard InChI is InChI=1S/C19H17F2N3O3S/c20-13-2-1-3-16(10-13)28(26,27)23-8-6-15(7-9-23)24-12-22-18-11-14(21)4-5-17(18)19(24)25/h1-5,10-12,15H,6-9H2. The van der Waals surface area contributed by atoms with Gasteiger partial charge in [-0.1, -0.05) is 6.07 Å². The van der Waals surface area contributed by atoms with E-state index in [-0.39, 0.29) is 35.1 Å². The van der Waals surface area contributed by atoms with Crippen molar-refractivity contribution in [2.24, 2.45) is 0 Å². The molecule has 28 heavy (non-hydrogen) atoms. The van der Waals surface area contributed by atoms with Crippen LogP contribution >= 0.6 is 0 Å². The fourth-order valence-electron chi connectivity index (χ4n) is 3.51. The molecule has 0 bridgehead atoms. The molecule has 0 saturated carbocycles. The first-order valence-electron chi connectivity index (χ1n) is 8.78. The highest BCUT2D eigenvalue weighted by atomic mass is 32.2. The monoisotopic (exact) mass is 405 g/mol. The van der Waals surface area contributed by atoms with Crippen LogP contribution in [0.1, 0.15) is 18.9 Å². The van der Waals surface area contributed by atoms with Gasteiger partial charge in [0.1, 0.15) is 11.6 Å². The summed E-state index contributed by atoms with van der Waals surface area (Å²) in [6.07, 6.45) is 2.22. The molecule has 0 unspecified atom stereocenters. The summed E-state index contributed by atoms with van der Waals surface area (Å²) < 4.78 is 54.9. The molecule has 2 aromatic carbocycles. The van der Waals surface area contributed by atoms with Crippen LogP contribution in [0.5, 0.6) is 0 Å². The molecule has 0 aliphatic carbocycles. The van der Waals surface area contributed by atoms with Crippen LogP contribution in [-0.2, 0) is 10.0 Å². The Labute approximate surface area is 160 Å². The molecule has 0 atom stereocenters. The quantitative estimate of drug-likeness (QED) is 0.672. The molecule has 4 rings (SSSR count). The van der Waals surface area contributed by atoms with Crippen molar-refractivity contribution in [1.82, 2.24) is 13.9 Å². The average molecular weight is 405 g/mol. The van der Waals surface area contributed by atoms with Crippen molar-refractivity contribution in [3.8, 4) is 0 Å². The predicted molar refractivity (Wildman–Crippen MR) is 99.4 cm³/mol. The molecule has 0 radical (unpaired) electrons. The maximum absolute atomic E-state index is 13.4. The van der Waals surface area contributed by atoms with E-state index >= 15 is 0 Å². The van der Waals surface area contributed by atoms with Gasteiger partial charge in [-0.25, -0.2) is 22.2 Å². The number of piperidine rings is 1. The number of halogens is 2. The van der Waals surface area contributed by atoms with Gasteiger partial charge in [0.05, 0.1) is 22.1 Å². The Balaban J connectivity index is 1.56. The Hall–Kier alpha value is -2.65. The average Bonchev–Trinajstić information content (AvgIpc) is 2.68. The Bertz CT molecular complexity index is 1200. The van der Waals surface area contributed by atoms with Crippen LogP contribution in [0.25, 0.3) is 10.9 Å². The molecule has 0 spiro atoms. The van der Waals surface area contributed by atoms with Crippen LogP contribution in [0, 0.1) is 11.6 Å². The van der Waals surface area contributed by atoms with Crippen molar-refractivity contribution in [2.75, 3.05) is 13.1 Å². The number of nitrogens with zero attached hydrogens (tertiary/aromatic N) is 3. The summed E-state index contributed by atoms with van der Waals surface area (Å²) in [4.78, 5) is 16.8. The molecule has 1 saturated heterocycles. The number of hydrogen-bond acceptors (Lipinski definition) is 4. The summed E-state index contributed by atoms with van der Waals surface area (Å²) in [5.74, 6) is -1.07. The van der Waals surface area contributed by atoms with Crippen LogP contribution in [0.15, 0.2) is 58.5 Å². The summed E-state index contributed by atoms with van der Waals surface area (Å²) in [7, 11) is -3.79. The molecule has 2 heterocycles. The van der Waals surface area contributed by atoms with Crippen LogP contribution in [0.2, 0.25) is 0 Å². The number of aromatic nitrogens is 2. The molecular weight excluding hydrogens is 388 g/mol. The third-order valence-electron chi connectivity index (χ3n) is 5.00.